The Morgan fingerprint density at radius 2 is 2.20 bits per heavy atom. The van der Waals surface area contributed by atoms with Gasteiger partial charge in [0.2, 0.25) is 0 Å². The second kappa shape index (κ2) is 7.26. The highest BCUT2D eigenvalue weighted by Gasteiger charge is 2.17. The minimum absolute atomic E-state index is 0.0593. The van der Waals surface area contributed by atoms with Crippen LogP contribution in [0.3, 0.4) is 0 Å². The van der Waals surface area contributed by atoms with Gasteiger partial charge < -0.3 is 9.72 Å². The average Bonchev–Trinajstić information content (AvgIpc) is 2.99. The summed E-state index contributed by atoms with van der Waals surface area (Å²) in [7, 11) is 0. The predicted molar refractivity (Wildman–Crippen MR) is 90.8 cm³/mol. The van der Waals surface area contributed by atoms with E-state index < -0.39 is 23.7 Å². The lowest BCUT2D eigenvalue weighted by atomic mass is 10.1. The van der Waals surface area contributed by atoms with E-state index in [0.717, 1.165) is 10.5 Å². The molecule has 0 aliphatic carbocycles. The summed E-state index contributed by atoms with van der Waals surface area (Å²) in [6.45, 7) is 1.67. The van der Waals surface area contributed by atoms with Crippen LogP contribution in [0.15, 0.2) is 34.9 Å². The summed E-state index contributed by atoms with van der Waals surface area (Å²) >= 11 is 3.32. The number of fused-ring (bicyclic) bond motifs is 1. The number of hydrogen-bond donors (Lipinski definition) is 1. The first-order valence-corrected chi connectivity index (χ1v) is 8.37. The van der Waals surface area contributed by atoms with Crippen molar-refractivity contribution in [2.45, 2.75) is 25.9 Å². The van der Waals surface area contributed by atoms with Gasteiger partial charge in [0.05, 0.1) is 5.52 Å². The Bertz CT molecular complexity index is 929. The van der Waals surface area contributed by atoms with E-state index in [1.165, 1.54) is 12.1 Å². The summed E-state index contributed by atoms with van der Waals surface area (Å²) in [5, 5.41) is 0. The van der Waals surface area contributed by atoms with Crippen LogP contribution in [0.4, 0.5) is 8.78 Å². The Labute approximate surface area is 150 Å². The molecule has 1 N–H and O–H groups in total. The number of hydrogen-bond acceptors (Lipinski definition) is 4. The third-order valence-electron chi connectivity index (χ3n) is 3.65. The minimum atomic E-state index is -0.933. The molecule has 0 radical (unpaired) electrons. The maximum atomic E-state index is 13.6. The number of esters is 1. The fraction of sp³-hybridized carbons (Fsp3) is 0.235. The van der Waals surface area contributed by atoms with Crippen LogP contribution in [0.25, 0.3) is 11.2 Å². The molecule has 8 heteroatoms. The average molecular weight is 410 g/mol. The van der Waals surface area contributed by atoms with E-state index >= 15 is 0 Å². The van der Waals surface area contributed by atoms with Gasteiger partial charge in [-0.05, 0) is 47.0 Å². The van der Waals surface area contributed by atoms with Gasteiger partial charge in [0, 0.05) is 17.1 Å². The van der Waals surface area contributed by atoms with Crippen LogP contribution in [0.1, 0.15) is 30.8 Å². The van der Waals surface area contributed by atoms with E-state index in [1.807, 2.05) is 6.07 Å². The standard InChI is InChI=1S/C17H14BrF2N3O2/c1-9(16-22-13-7-11(18)8-21-17(13)23-16)25-14(24)6-5-10-3-2-4-12(19)15(10)20/h2-4,7-9H,5-6H2,1H3,(H,21,22,23). The van der Waals surface area contributed by atoms with Gasteiger partial charge in [-0.2, -0.15) is 0 Å². The van der Waals surface area contributed by atoms with E-state index in [-0.39, 0.29) is 18.4 Å². The first-order chi connectivity index (χ1) is 11.9. The quantitative estimate of drug-likeness (QED) is 0.640. The summed E-state index contributed by atoms with van der Waals surface area (Å²) in [5.41, 5.74) is 1.37. The number of carbonyl (C=O) groups excluding carboxylic acids is 1. The van der Waals surface area contributed by atoms with E-state index in [9.17, 15) is 13.6 Å². The molecule has 2 aromatic heterocycles. The van der Waals surface area contributed by atoms with Crippen LogP contribution in [-0.4, -0.2) is 20.9 Å². The molecule has 3 aromatic rings. The van der Waals surface area contributed by atoms with E-state index in [4.69, 9.17) is 4.74 Å². The van der Waals surface area contributed by atoms with Crippen LogP contribution in [0, 0.1) is 11.6 Å². The van der Waals surface area contributed by atoms with Crippen LogP contribution >= 0.6 is 15.9 Å². The highest BCUT2D eigenvalue weighted by Crippen LogP contribution is 2.21. The molecule has 0 aliphatic heterocycles. The molecule has 1 aromatic carbocycles. The van der Waals surface area contributed by atoms with Crippen molar-refractivity contribution in [1.29, 1.82) is 0 Å². The Kier molecular flexibility index (Phi) is 5.08. The van der Waals surface area contributed by atoms with Gasteiger partial charge in [-0.25, -0.2) is 18.7 Å². The third-order valence-corrected chi connectivity index (χ3v) is 4.08. The molecular weight excluding hydrogens is 396 g/mol. The van der Waals surface area contributed by atoms with Gasteiger partial charge in [0.25, 0.3) is 0 Å². The summed E-state index contributed by atoms with van der Waals surface area (Å²) in [4.78, 5) is 23.4. The second-order valence-corrected chi connectivity index (χ2v) is 6.41. The van der Waals surface area contributed by atoms with Gasteiger partial charge >= 0.3 is 5.97 Å². The van der Waals surface area contributed by atoms with Crippen molar-refractivity contribution in [1.82, 2.24) is 15.0 Å². The molecule has 130 valence electrons. The van der Waals surface area contributed by atoms with Crippen LogP contribution < -0.4 is 0 Å². The van der Waals surface area contributed by atoms with Crippen molar-refractivity contribution in [3.8, 4) is 0 Å². The normalized spacial score (nSPS) is 12.3. The Hall–Kier alpha value is -2.35. The smallest absolute Gasteiger partial charge is 0.306 e. The Morgan fingerprint density at radius 3 is 3.00 bits per heavy atom. The highest BCUT2D eigenvalue weighted by atomic mass is 79.9. The van der Waals surface area contributed by atoms with E-state index in [1.54, 1.807) is 13.1 Å². The zero-order valence-corrected chi connectivity index (χ0v) is 14.8. The molecular formula is C17H14BrF2N3O2. The van der Waals surface area contributed by atoms with Crippen molar-refractivity contribution in [3.63, 3.8) is 0 Å². The molecule has 1 atom stereocenters. The molecule has 2 heterocycles. The van der Waals surface area contributed by atoms with Crippen molar-refractivity contribution < 1.29 is 18.3 Å². The monoisotopic (exact) mass is 409 g/mol. The van der Waals surface area contributed by atoms with Crippen molar-refractivity contribution in [2.24, 2.45) is 0 Å². The largest absolute Gasteiger partial charge is 0.454 e. The zero-order valence-electron chi connectivity index (χ0n) is 13.2. The number of aryl methyl sites for hydroxylation is 1. The maximum Gasteiger partial charge on any atom is 0.306 e. The van der Waals surface area contributed by atoms with E-state index in [2.05, 4.69) is 30.9 Å². The lowest BCUT2D eigenvalue weighted by Gasteiger charge is -2.11. The van der Waals surface area contributed by atoms with Gasteiger partial charge in [-0.15, -0.1) is 0 Å². The van der Waals surface area contributed by atoms with Gasteiger partial charge in [-0.3, -0.25) is 4.79 Å². The van der Waals surface area contributed by atoms with Gasteiger partial charge in [-0.1, -0.05) is 12.1 Å². The molecule has 0 bridgehead atoms. The highest BCUT2D eigenvalue weighted by molar-refractivity contribution is 9.10. The maximum absolute atomic E-state index is 13.6. The molecule has 5 nitrogen and oxygen atoms in total. The van der Waals surface area contributed by atoms with Crippen LogP contribution in [-0.2, 0) is 16.0 Å². The topological polar surface area (TPSA) is 67.9 Å². The molecule has 0 saturated carbocycles. The first kappa shape index (κ1) is 17.5. The fourth-order valence-corrected chi connectivity index (χ4v) is 2.71. The SMILES string of the molecule is CC(OC(=O)CCc1cccc(F)c1F)c1nc2ncc(Br)cc2[nH]1. The van der Waals surface area contributed by atoms with Crippen molar-refractivity contribution in [3.05, 3.63) is 58.0 Å². The number of H-pyrrole nitrogens is 1. The Morgan fingerprint density at radius 1 is 1.40 bits per heavy atom. The minimum Gasteiger partial charge on any atom is -0.454 e. The number of aromatic amines is 1. The lowest BCUT2D eigenvalue weighted by Crippen LogP contribution is -2.11. The molecule has 0 amide bonds. The number of ether oxygens (including phenoxy) is 1. The summed E-state index contributed by atoms with van der Waals surface area (Å²) in [6, 6.07) is 5.70. The molecule has 0 fully saturated rings. The van der Waals surface area contributed by atoms with Crippen LogP contribution in [0.5, 0.6) is 0 Å². The number of rotatable bonds is 5. The molecule has 1 unspecified atom stereocenters. The third kappa shape index (κ3) is 4.01. The fourth-order valence-electron chi connectivity index (χ4n) is 2.38. The number of aromatic nitrogens is 3. The van der Waals surface area contributed by atoms with E-state index in [0.29, 0.717) is 17.0 Å². The number of halogens is 3. The molecule has 0 saturated heterocycles. The first-order valence-electron chi connectivity index (χ1n) is 7.57. The molecule has 3 rings (SSSR count). The number of carbonyl (C=O) groups is 1. The molecule has 0 aliphatic rings. The van der Waals surface area contributed by atoms with Crippen LogP contribution in [0.2, 0.25) is 0 Å². The summed E-state index contributed by atoms with van der Waals surface area (Å²) in [5.74, 6) is -1.92. The number of pyridine rings is 1. The molecule has 0 spiro atoms. The van der Waals surface area contributed by atoms with Crippen molar-refractivity contribution >= 4 is 33.1 Å². The lowest BCUT2D eigenvalue weighted by molar-refractivity contribution is -0.148. The molecule has 25 heavy (non-hydrogen) atoms. The summed E-state index contributed by atoms with van der Waals surface area (Å²) in [6.07, 6.45) is 1.01. The van der Waals surface area contributed by atoms with Gasteiger partial charge in [0.15, 0.2) is 23.4 Å². The number of imidazole rings is 1. The summed E-state index contributed by atoms with van der Waals surface area (Å²) < 4.78 is 32.8. The Balaban J connectivity index is 1.62. The van der Waals surface area contributed by atoms with Crippen molar-refractivity contribution in [2.75, 3.05) is 0 Å². The number of nitrogens with zero attached hydrogens (tertiary/aromatic N) is 2. The number of nitrogens with one attached hydrogen (secondary N) is 1. The second-order valence-electron chi connectivity index (χ2n) is 5.49. The predicted octanol–water partition coefficient (Wildman–Crippen LogP) is 4.24. The van der Waals surface area contributed by atoms with Gasteiger partial charge in [0.1, 0.15) is 5.82 Å². The zero-order chi connectivity index (χ0) is 18.0. The number of benzene rings is 1.